The highest BCUT2D eigenvalue weighted by molar-refractivity contribution is 5.98. The number of rotatable bonds is 6. The maximum absolute atomic E-state index is 12.8. The second-order valence-corrected chi connectivity index (χ2v) is 8.08. The Bertz CT molecular complexity index is 1050. The van der Waals surface area contributed by atoms with E-state index in [2.05, 4.69) is 19.3 Å². The topological polar surface area (TPSA) is 42.5 Å². The van der Waals surface area contributed by atoms with Crippen molar-refractivity contribution in [1.29, 1.82) is 0 Å². The molecule has 5 nitrogen and oxygen atoms in total. The molecule has 3 aromatic rings. The second kappa shape index (κ2) is 9.06. The van der Waals surface area contributed by atoms with E-state index in [1.807, 2.05) is 68.0 Å². The highest BCUT2D eigenvalue weighted by Crippen LogP contribution is 2.23. The Morgan fingerprint density at radius 3 is 2.60 bits per heavy atom. The lowest BCUT2D eigenvalue weighted by Gasteiger charge is -2.31. The molecule has 1 aromatic heterocycles. The highest BCUT2D eigenvalue weighted by Gasteiger charge is 2.26. The molecule has 152 valence electrons. The lowest BCUT2D eigenvalue weighted by Crippen LogP contribution is -2.36. The van der Waals surface area contributed by atoms with Gasteiger partial charge in [0.25, 0.3) is 0 Å². The van der Waals surface area contributed by atoms with Crippen molar-refractivity contribution >= 4 is 11.5 Å². The molecule has 2 heterocycles. The van der Waals surface area contributed by atoms with Crippen molar-refractivity contribution in [2.75, 3.05) is 13.1 Å². The van der Waals surface area contributed by atoms with Crippen molar-refractivity contribution in [2.24, 2.45) is 5.92 Å². The van der Waals surface area contributed by atoms with Crippen molar-refractivity contribution in [3.05, 3.63) is 94.9 Å². The van der Waals surface area contributed by atoms with Crippen molar-refractivity contribution in [3.63, 3.8) is 0 Å². The van der Waals surface area contributed by atoms with E-state index in [0.717, 1.165) is 55.7 Å². The Morgan fingerprint density at radius 2 is 1.90 bits per heavy atom. The second-order valence-electron chi connectivity index (χ2n) is 8.08. The van der Waals surface area contributed by atoms with Crippen LogP contribution in [0.25, 0.3) is 4.85 Å². The Balaban J connectivity index is 1.34. The van der Waals surface area contributed by atoms with Crippen LogP contribution in [0.4, 0.5) is 5.69 Å². The van der Waals surface area contributed by atoms with Gasteiger partial charge in [-0.25, -0.2) is 9.83 Å². The lowest BCUT2D eigenvalue weighted by atomic mass is 9.88. The first-order chi connectivity index (χ1) is 14.6. The maximum atomic E-state index is 12.8. The number of aromatic nitrogens is 2. The molecule has 0 N–H and O–H groups in total. The minimum atomic E-state index is 0.119. The fourth-order valence-electron chi connectivity index (χ4n) is 4.11. The molecule has 0 aliphatic carbocycles. The third-order valence-electron chi connectivity index (χ3n) is 5.86. The van der Waals surface area contributed by atoms with E-state index in [9.17, 15) is 4.79 Å². The predicted octanol–water partition coefficient (Wildman–Crippen LogP) is 4.89. The summed E-state index contributed by atoms with van der Waals surface area (Å²) in [6, 6.07) is 15.6. The molecule has 1 aliphatic heterocycles. The SMILES string of the molecule is [C-]#[N+]c1ccc(Cn2cncc2CN2CCC(C(=O)c3cccc(C)c3)CC2)cc1. The van der Waals surface area contributed by atoms with Gasteiger partial charge in [0.05, 0.1) is 18.6 Å². The van der Waals surface area contributed by atoms with E-state index in [-0.39, 0.29) is 11.7 Å². The van der Waals surface area contributed by atoms with Crippen molar-refractivity contribution in [3.8, 4) is 0 Å². The molecule has 4 rings (SSSR count). The van der Waals surface area contributed by atoms with Crippen LogP contribution in [-0.2, 0) is 13.1 Å². The summed E-state index contributed by atoms with van der Waals surface area (Å²) in [6.45, 7) is 12.5. The molecule has 0 radical (unpaired) electrons. The number of ketones is 1. The van der Waals surface area contributed by atoms with Gasteiger partial charge in [-0.05, 0) is 44.5 Å². The summed E-state index contributed by atoms with van der Waals surface area (Å²) < 4.78 is 2.16. The molecule has 5 heteroatoms. The number of hydrogen-bond acceptors (Lipinski definition) is 3. The fourth-order valence-corrected chi connectivity index (χ4v) is 4.11. The fraction of sp³-hybridized carbons (Fsp3) is 0.320. The third kappa shape index (κ3) is 4.67. The van der Waals surface area contributed by atoms with E-state index in [1.165, 1.54) is 5.69 Å². The first-order valence-corrected chi connectivity index (χ1v) is 10.4. The molecule has 0 atom stereocenters. The molecule has 30 heavy (non-hydrogen) atoms. The van der Waals surface area contributed by atoms with Crippen LogP contribution in [0.1, 0.15) is 40.0 Å². The predicted molar refractivity (Wildman–Crippen MR) is 118 cm³/mol. The average Bonchev–Trinajstić information content (AvgIpc) is 3.21. The summed E-state index contributed by atoms with van der Waals surface area (Å²) in [5, 5.41) is 0. The number of imidazole rings is 1. The standard InChI is InChI=1S/C25H26N4O/c1-19-4-3-5-22(14-19)25(30)21-10-12-28(13-11-21)17-24-15-27-18-29(24)16-20-6-8-23(26-2)9-7-20/h3-9,14-15,18,21H,10-13,16-17H2,1H3. The normalized spacial score (nSPS) is 15.1. The van der Waals surface area contributed by atoms with E-state index < -0.39 is 0 Å². The van der Waals surface area contributed by atoms with Gasteiger partial charge in [-0.3, -0.25) is 9.69 Å². The van der Waals surface area contributed by atoms with Gasteiger partial charge in [0.1, 0.15) is 0 Å². The minimum Gasteiger partial charge on any atom is -0.329 e. The number of carbonyl (C=O) groups excluding carboxylic acids is 1. The molecule has 0 unspecified atom stereocenters. The molecule has 1 fully saturated rings. The minimum absolute atomic E-state index is 0.119. The Kier molecular flexibility index (Phi) is 6.06. The van der Waals surface area contributed by atoms with Gasteiger partial charge >= 0.3 is 0 Å². The van der Waals surface area contributed by atoms with Crippen LogP contribution >= 0.6 is 0 Å². The van der Waals surface area contributed by atoms with Crippen LogP contribution in [0.2, 0.25) is 0 Å². The number of hydrogen-bond donors (Lipinski definition) is 0. The Labute approximate surface area is 177 Å². The summed E-state index contributed by atoms with van der Waals surface area (Å²) in [6.07, 6.45) is 5.60. The molecule has 1 saturated heterocycles. The summed E-state index contributed by atoms with van der Waals surface area (Å²) in [4.78, 5) is 23.0. The van der Waals surface area contributed by atoms with Gasteiger partial charge in [-0.15, -0.1) is 0 Å². The van der Waals surface area contributed by atoms with Crippen molar-refractivity contribution in [2.45, 2.75) is 32.9 Å². The molecular formula is C25H26N4O. The summed E-state index contributed by atoms with van der Waals surface area (Å²) >= 11 is 0. The zero-order valence-electron chi connectivity index (χ0n) is 17.3. The molecule has 0 spiro atoms. The number of carbonyl (C=O) groups is 1. The number of piperidine rings is 1. The van der Waals surface area contributed by atoms with Gasteiger partial charge in [-0.1, -0.05) is 48.0 Å². The van der Waals surface area contributed by atoms with Gasteiger partial charge < -0.3 is 4.57 Å². The van der Waals surface area contributed by atoms with E-state index in [4.69, 9.17) is 6.57 Å². The Morgan fingerprint density at radius 1 is 1.13 bits per heavy atom. The van der Waals surface area contributed by atoms with Crippen LogP contribution in [0.15, 0.2) is 61.1 Å². The van der Waals surface area contributed by atoms with Crippen molar-refractivity contribution < 1.29 is 4.79 Å². The highest BCUT2D eigenvalue weighted by atomic mass is 16.1. The van der Waals surface area contributed by atoms with Gasteiger partial charge in [-0.2, -0.15) is 0 Å². The van der Waals surface area contributed by atoms with E-state index in [0.29, 0.717) is 5.69 Å². The quantitative estimate of drug-likeness (QED) is 0.439. The smallest absolute Gasteiger partial charge is 0.187 e. The number of benzene rings is 2. The zero-order valence-corrected chi connectivity index (χ0v) is 17.3. The number of Topliss-reactive ketones (excluding diaryl/α,β-unsaturated/α-hetero) is 1. The summed E-state index contributed by atoms with van der Waals surface area (Å²) in [7, 11) is 0. The van der Waals surface area contributed by atoms with Crippen LogP contribution in [-0.4, -0.2) is 33.3 Å². The average molecular weight is 399 g/mol. The van der Waals surface area contributed by atoms with Crippen molar-refractivity contribution in [1.82, 2.24) is 14.5 Å². The third-order valence-corrected chi connectivity index (χ3v) is 5.86. The lowest BCUT2D eigenvalue weighted by molar-refractivity contribution is 0.0833. The first kappa shape index (κ1) is 20.1. The monoisotopic (exact) mass is 398 g/mol. The Hall–Kier alpha value is -3.23. The first-order valence-electron chi connectivity index (χ1n) is 10.4. The molecule has 0 saturated carbocycles. The number of nitrogens with zero attached hydrogens (tertiary/aromatic N) is 4. The maximum Gasteiger partial charge on any atom is 0.187 e. The van der Waals surface area contributed by atoms with E-state index in [1.54, 1.807) is 0 Å². The number of likely N-dealkylation sites (tertiary alicyclic amines) is 1. The van der Waals surface area contributed by atoms with Gasteiger partial charge in [0, 0.05) is 30.8 Å². The van der Waals surface area contributed by atoms with Crippen LogP contribution < -0.4 is 0 Å². The van der Waals surface area contributed by atoms with Gasteiger partial charge in [0.2, 0.25) is 0 Å². The largest absolute Gasteiger partial charge is 0.329 e. The summed E-state index contributed by atoms with van der Waals surface area (Å²) in [5.41, 5.74) is 4.97. The summed E-state index contributed by atoms with van der Waals surface area (Å²) in [5.74, 6) is 0.403. The molecule has 1 aliphatic rings. The van der Waals surface area contributed by atoms with E-state index >= 15 is 0 Å². The molecular weight excluding hydrogens is 372 g/mol. The van der Waals surface area contributed by atoms with Gasteiger partial charge in [0.15, 0.2) is 11.5 Å². The molecule has 0 bridgehead atoms. The van der Waals surface area contributed by atoms with Crippen LogP contribution in [0, 0.1) is 19.4 Å². The molecule has 2 aromatic carbocycles. The molecule has 0 amide bonds. The zero-order chi connectivity index (χ0) is 20.9. The number of aryl methyl sites for hydroxylation is 1. The van der Waals surface area contributed by atoms with Crippen LogP contribution in [0.3, 0.4) is 0 Å². The van der Waals surface area contributed by atoms with Crippen LogP contribution in [0.5, 0.6) is 0 Å².